The van der Waals surface area contributed by atoms with Crippen LogP contribution in [-0.4, -0.2) is 21.7 Å². The van der Waals surface area contributed by atoms with Gasteiger partial charge in [-0.05, 0) is 51.2 Å². The Hall–Kier alpha value is -2.14. The summed E-state index contributed by atoms with van der Waals surface area (Å²) >= 11 is 0. The van der Waals surface area contributed by atoms with E-state index in [2.05, 4.69) is 46.4 Å². The molecular formula is C20H28N4O. The Morgan fingerprint density at radius 2 is 2.20 bits per heavy atom. The first-order chi connectivity index (χ1) is 12.1. The summed E-state index contributed by atoms with van der Waals surface area (Å²) in [6.07, 6.45) is 5.23. The molecule has 5 nitrogen and oxygen atoms in total. The van der Waals surface area contributed by atoms with Crippen LogP contribution in [0.3, 0.4) is 0 Å². The lowest BCUT2D eigenvalue weighted by atomic mass is 9.92. The highest BCUT2D eigenvalue weighted by Gasteiger charge is 2.26. The van der Waals surface area contributed by atoms with Gasteiger partial charge < -0.3 is 5.32 Å². The predicted octanol–water partition coefficient (Wildman–Crippen LogP) is 2.88. The molecule has 2 N–H and O–H groups in total. The number of aromatic nitrogens is 2. The second-order valence-corrected chi connectivity index (χ2v) is 6.84. The molecule has 0 spiro atoms. The van der Waals surface area contributed by atoms with Crippen molar-refractivity contribution in [2.24, 2.45) is 0 Å². The normalized spacial score (nSPS) is 17.8. The Morgan fingerprint density at radius 3 is 2.96 bits per heavy atom. The SMILES string of the molecule is CCn1ncc2c1CCC[C@H]2N[C@@H](C)C(=O)NCc1ccccc1C. The molecule has 0 radical (unpaired) electrons. The molecule has 0 bridgehead atoms. The first kappa shape index (κ1) is 17.7. The van der Waals surface area contributed by atoms with E-state index in [1.807, 2.05) is 25.3 Å². The van der Waals surface area contributed by atoms with Gasteiger partial charge in [-0.3, -0.25) is 14.8 Å². The molecular weight excluding hydrogens is 312 g/mol. The third-order valence-corrected chi connectivity index (χ3v) is 5.12. The molecule has 25 heavy (non-hydrogen) atoms. The highest BCUT2D eigenvalue weighted by molar-refractivity contribution is 5.81. The summed E-state index contributed by atoms with van der Waals surface area (Å²) in [5, 5.41) is 11.0. The van der Waals surface area contributed by atoms with E-state index in [1.54, 1.807) is 0 Å². The van der Waals surface area contributed by atoms with Crippen molar-refractivity contribution in [1.82, 2.24) is 20.4 Å². The Balaban J connectivity index is 1.59. The molecule has 1 heterocycles. The van der Waals surface area contributed by atoms with Crippen molar-refractivity contribution >= 4 is 5.91 Å². The molecule has 5 heteroatoms. The molecule has 1 aromatic carbocycles. The van der Waals surface area contributed by atoms with Gasteiger partial charge in [0, 0.05) is 30.4 Å². The lowest BCUT2D eigenvalue weighted by Crippen LogP contribution is -2.44. The molecule has 1 aliphatic rings. The van der Waals surface area contributed by atoms with Crippen LogP contribution in [0.4, 0.5) is 0 Å². The van der Waals surface area contributed by atoms with Crippen molar-refractivity contribution in [3.05, 3.63) is 52.8 Å². The minimum absolute atomic E-state index is 0.0401. The number of aryl methyl sites for hydroxylation is 2. The summed E-state index contributed by atoms with van der Waals surface area (Å²) in [5.74, 6) is 0.0401. The monoisotopic (exact) mass is 340 g/mol. The summed E-state index contributed by atoms with van der Waals surface area (Å²) in [6.45, 7) is 7.59. The van der Waals surface area contributed by atoms with E-state index in [4.69, 9.17) is 0 Å². The second kappa shape index (κ2) is 7.83. The van der Waals surface area contributed by atoms with Crippen LogP contribution in [0.2, 0.25) is 0 Å². The maximum atomic E-state index is 12.5. The van der Waals surface area contributed by atoms with E-state index in [0.717, 1.165) is 31.4 Å². The quantitative estimate of drug-likeness (QED) is 0.850. The molecule has 2 atom stereocenters. The fourth-order valence-corrected chi connectivity index (χ4v) is 3.59. The predicted molar refractivity (Wildman–Crippen MR) is 99.2 cm³/mol. The largest absolute Gasteiger partial charge is 0.351 e. The number of hydrogen-bond donors (Lipinski definition) is 2. The standard InChI is InChI=1S/C20H28N4O/c1-4-24-19-11-7-10-18(17(19)13-22-24)23-15(3)20(25)21-12-16-9-6-5-8-14(16)2/h5-6,8-9,13,15,18,23H,4,7,10-12H2,1-3H3,(H,21,25)/t15-,18+/m0/s1. The van der Waals surface area contributed by atoms with Gasteiger partial charge in [-0.2, -0.15) is 5.10 Å². The van der Waals surface area contributed by atoms with E-state index in [0.29, 0.717) is 6.54 Å². The van der Waals surface area contributed by atoms with E-state index in [9.17, 15) is 4.79 Å². The van der Waals surface area contributed by atoms with Gasteiger partial charge in [0.1, 0.15) is 0 Å². The molecule has 1 aromatic heterocycles. The average molecular weight is 340 g/mol. The smallest absolute Gasteiger partial charge is 0.237 e. The van der Waals surface area contributed by atoms with Gasteiger partial charge in [0.25, 0.3) is 0 Å². The second-order valence-electron chi connectivity index (χ2n) is 6.84. The van der Waals surface area contributed by atoms with Crippen LogP contribution in [0.25, 0.3) is 0 Å². The van der Waals surface area contributed by atoms with E-state index in [-0.39, 0.29) is 18.0 Å². The molecule has 0 unspecified atom stereocenters. The molecule has 0 saturated heterocycles. The summed E-state index contributed by atoms with van der Waals surface area (Å²) in [5.41, 5.74) is 4.94. The van der Waals surface area contributed by atoms with Crippen LogP contribution < -0.4 is 10.6 Å². The molecule has 2 aromatic rings. The number of amides is 1. The minimum Gasteiger partial charge on any atom is -0.351 e. The fourth-order valence-electron chi connectivity index (χ4n) is 3.59. The number of hydrogen-bond acceptors (Lipinski definition) is 3. The Kier molecular flexibility index (Phi) is 5.53. The molecule has 0 fully saturated rings. The molecule has 1 amide bonds. The maximum absolute atomic E-state index is 12.5. The zero-order chi connectivity index (χ0) is 17.8. The van der Waals surface area contributed by atoms with Gasteiger partial charge >= 0.3 is 0 Å². The van der Waals surface area contributed by atoms with Crippen molar-refractivity contribution < 1.29 is 4.79 Å². The van der Waals surface area contributed by atoms with E-state index < -0.39 is 0 Å². The first-order valence-corrected chi connectivity index (χ1v) is 9.23. The third kappa shape index (κ3) is 3.93. The highest BCUT2D eigenvalue weighted by atomic mass is 16.2. The van der Waals surface area contributed by atoms with Crippen molar-refractivity contribution in [2.45, 2.75) is 65.2 Å². The fraction of sp³-hybridized carbons (Fsp3) is 0.500. The number of nitrogens with one attached hydrogen (secondary N) is 2. The lowest BCUT2D eigenvalue weighted by molar-refractivity contribution is -0.123. The highest BCUT2D eigenvalue weighted by Crippen LogP contribution is 2.29. The van der Waals surface area contributed by atoms with E-state index in [1.165, 1.54) is 16.8 Å². The van der Waals surface area contributed by atoms with Crippen LogP contribution in [0.1, 0.15) is 55.1 Å². The number of benzene rings is 1. The van der Waals surface area contributed by atoms with Crippen molar-refractivity contribution in [3.8, 4) is 0 Å². The Morgan fingerprint density at radius 1 is 1.40 bits per heavy atom. The summed E-state index contributed by atoms with van der Waals surface area (Å²) in [6, 6.07) is 8.12. The summed E-state index contributed by atoms with van der Waals surface area (Å²) in [4.78, 5) is 12.5. The van der Waals surface area contributed by atoms with Gasteiger partial charge in [0.05, 0.1) is 12.2 Å². The molecule has 0 aliphatic heterocycles. The van der Waals surface area contributed by atoms with Crippen LogP contribution in [0.15, 0.2) is 30.5 Å². The van der Waals surface area contributed by atoms with Gasteiger partial charge in [-0.1, -0.05) is 24.3 Å². The molecule has 1 aliphatic carbocycles. The number of rotatable bonds is 6. The van der Waals surface area contributed by atoms with Gasteiger partial charge in [0.15, 0.2) is 0 Å². The van der Waals surface area contributed by atoms with Crippen LogP contribution in [-0.2, 0) is 24.3 Å². The zero-order valence-electron chi connectivity index (χ0n) is 15.4. The van der Waals surface area contributed by atoms with Crippen LogP contribution >= 0.6 is 0 Å². The van der Waals surface area contributed by atoms with Gasteiger partial charge in [-0.15, -0.1) is 0 Å². The number of carbonyl (C=O) groups is 1. The van der Waals surface area contributed by atoms with Gasteiger partial charge in [-0.25, -0.2) is 0 Å². The Labute approximate surface area is 149 Å². The maximum Gasteiger partial charge on any atom is 0.237 e. The minimum atomic E-state index is -0.232. The van der Waals surface area contributed by atoms with Crippen molar-refractivity contribution in [1.29, 1.82) is 0 Å². The first-order valence-electron chi connectivity index (χ1n) is 9.23. The number of nitrogens with zero attached hydrogens (tertiary/aromatic N) is 2. The molecule has 0 saturated carbocycles. The van der Waals surface area contributed by atoms with E-state index >= 15 is 0 Å². The number of carbonyl (C=O) groups excluding carboxylic acids is 1. The van der Waals surface area contributed by atoms with Crippen molar-refractivity contribution in [3.63, 3.8) is 0 Å². The summed E-state index contributed by atoms with van der Waals surface area (Å²) < 4.78 is 2.08. The van der Waals surface area contributed by atoms with Crippen LogP contribution in [0, 0.1) is 6.92 Å². The van der Waals surface area contributed by atoms with Crippen LogP contribution in [0.5, 0.6) is 0 Å². The topological polar surface area (TPSA) is 59.0 Å². The number of fused-ring (bicyclic) bond motifs is 1. The zero-order valence-corrected chi connectivity index (χ0v) is 15.4. The summed E-state index contributed by atoms with van der Waals surface area (Å²) in [7, 11) is 0. The molecule has 3 rings (SSSR count). The van der Waals surface area contributed by atoms with Crippen molar-refractivity contribution in [2.75, 3.05) is 0 Å². The van der Waals surface area contributed by atoms with Gasteiger partial charge in [0.2, 0.25) is 5.91 Å². The Bertz CT molecular complexity index is 737. The third-order valence-electron chi connectivity index (χ3n) is 5.12. The molecule has 134 valence electrons. The average Bonchev–Trinajstić information content (AvgIpc) is 3.05. The lowest BCUT2D eigenvalue weighted by Gasteiger charge is -2.27.